The van der Waals surface area contributed by atoms with Crippen LogP contribution in [0, 0.1) is 0 Å². The molecule has 1 atom stereocenters. The highest BCUT2D eigenvalue weighted by Crippen LogP contribution is 2.21. The van der Waals surface area contributed by atoms with E-state index in [0.717, 1.165) is 11.4 Å². The van der Waals surface area contributed by atoms with Crippen molar-refractivity contribution in [2.75, 3.05) is 5.32 Å². The summed E-state index contributed by atoms with van der Waals surface area (Å²) in [5, 5.41) is 7.67. The molecule has 0 aliphatic heterocycles. The number of H-pyrrole nitrogens is 1. The van der Waals surface area contributed by atoms with Gasteiger partial charge in [0, 0.05) is 24.1 Å². The van der Waals surface area contributed by atoms with E-state index in [1.54, 1.807) is 28.3 Å². The highest BCUT2D eigenvalue weighted by molar-refractivity contribution is 7.07. The van der Waals surface area contributed by atoms with E-state index in [-0.39, 0.29) is 11.7 Å². The molecule has 4 nitrogen and oxygen atoms in total. The fourth-order valence-corrected chi connectivity index (χ4v) is 2.85. The average Bonchev–Trinajstić information content (AvgIpc) is 3.11. The summed E-state index contributed by atoms with van der Waals surface area (Å²) in [6.07, 6.45) is 3.35. The summed E-state index contributed by atoms with van der Waals surface area (Å²) in [4.78, 5) is 14.2. The van der Waals surface area contributed by atoms with Crippen LogP contribution in [0.15, 0.2) is 58.3 Å². The second-order valence-corrected chi connectivity index (χ2v) is 5.38. The summed E-state index contributed by atoms with van der Waals surface area (Å²) in [5.41, 5.74) is 3.04. The smallest absolute Gasteiger partial charge is 0.330 e. The molecule has 0 saturated carbocycles. The molecule has 2 N–H and O–H groups in total. The summed E-state index contributed by atoms with van der Waals surface area (Å²) >= 11 is 1.70. The molecule has 3 aromatic rings. The minimum atomic E-state index is -0.127. The van der Waals surface area contributed by atoms with Gasteiger partial charge in [0.05, 0.1) is 5.69 Å². The first-order valence-electron chi connectivity index (χ1n) is 6.39. The van der Waals surface area contributed by atoms with E-state index < -0.39 is 0 Å². The average molecular weight is 285 g/mol. The van der Waals surface area contributed by atoms with Crippen molar-refractivity contribution in [2.24, 2.45) is 0 Å². The first-order valence-corrected chi connectivity index (χ1v) is 7.33. The predicted octanol–water partition coefficient (Wildman–Crippen LogP) is 3.40. The number of aromatic nitrogens is 2. The van der Waals surface area contributed by atoms with Crippen LogP contribution in [0.25, 0.3) is 5.69 Å². The minimum absolute atomic E-state index is 0.127. The van der Waals surface area contributed by atoms with Crippen molar-refractivity contribution >= 4 is 17.0 Å². The van der Waals surface area contributed by atoms with E-state index in [9.17, 15) is 4.79 Å². The van der Waals surface area contributed by atoms with Gasteiger partial charge in [-0.2, -0.15) is 11.3 Å². The number of nitrogens with zero attached hydrogens (tertiary/aromatic N) is 1. The van der Waals surface area contributed by atoms with Crippen LogP contribution in [-0.2, 0) is 0 Å². The van der Waals surface area contributed by atoms with Gasteiger partial charge >= 0.3 is 5.69 Å². The molecular formula is C15H15N3OS. The van der Waals surface area contributed by atoms with Crippen LogP contribution < -0.4 is 11.0 Å². The van der Waals surface area contributed by atoms with E-state index in [2.05, 4.69) is 34.1 Å². The zero-order valence-electron chi connectivity index (χ0n) is 11.0. The lowest BCUT2D eigenvalue weighted by molar-refractivity contribution is 0.890. The zero-order valence-corrected chi connectivity index (χ0v) is 11.9. The van der Waals surface area contributed by atoms with Crippen LogP contribution in [-0.4, -0.2) is 9.55 Å². The molecule has 20 heavy (non-hydrogen) atoms. The van der Waals surface area contributed by atoms with Crippen molar-refractivity contribution < 1.29 is 0 Å². The Hall–Kier alpha value is -2.27. The number of hydrogen-bond acceptors (Lipinski definition) is 3. The van der Waals surface area contributed by atoms with Gasteiger partial charge in [-0.15, -0.1) is 0 Å². The topological polar surface area (TPSA) is 49.8 Å². The van der Waals surface area contributed by atoms with E-state index >= 15 is 0 Å². The lowest BCUT2D eigenvalue weighted by atomic mass is 10.1. The highest BCUT2D eigenvalue weighted by atomic mass is 32.1. The highest BCUT2D eigenvalue weighted by Gasteiger charge is 2.06. The maximum atomic E-state index is 11.5. The number of nitrogens with one attached hydrogen (secondary N) is 2. The van der Waals surface area contributed by atoms with Crippen LogP contribution in [0.2, 0.25) is 0 Å². The lowest BCUT2D eigenvalue weighted by Gasteiger charge is -2.14. The Morgan fingerprint density at radius 1 is 1.25 bits per heavy atom. The van der Waals surface area contributed by atoms with Crippen molar-refractivity contribution in [3.8, 4) is 5.69 Å². The molecule has 0 saturated heterocycles. The van der Waals surface area contributed by atoms with Gasteiger partial charge in [-0.1, -0.05) is 0 Å². The minimum Gasteiger partial charge on any atom is -0.378 e. The number of anilines is 1. The summed E-state index contributed by atoms with van der Waals surface area (Å²) in [5.74, 6) is 0. The number of aromatic amines is 1. The summed E-state index contributed by atoms with van der Waals surface area (Å²) in [7, 11) is 0. The van der Waals surface area contributed by atoms with Crippen molar-refractivity contribution in [2.45, 2.75) is 13.0 Å². The van der Waals surface area contributed by atoms with Gasteiger partial charge in [0.15, 0.2) is 0 Å². The van der Waals surface area contributed by atoms with Crippen LogP contribution in [0.5, 0.6) is 0 Å². The van der Waals surface area contributed by atoms with E-state index in [1.807, 2.05) is 24.3 Å². The van der Waals surface area contributed by atoms with Gasteiger partial charge in [-0.3, -0.25) is 4.57 Å². The summed E-state index contributed by atoms with van der Waals surface area (Å²) in [6.45, 7) is 2.13. The number of rotatable bonds is 4. The van der Waals surface area contributed by atoms with Gasteiger partial charge in [0.1, 0.15) is 0 Å². The summed E-state index contributed by atoms with van der Waals surface area (Å²) < 4.78 is 1.58. The molecule has 0 aliphatic rings. The van der Waals surface area contributed by atoms with Crippen molar-refractivity contribution in [3.63, 3.8) is 0 Å². The number of hydrogen-bond donors (Lipinski definition) is 2. The van der Waals surface area contributed by atoms with Crippen LogP contribution >= 0.6 is 11.3 Å². The van der Waals surface area contributed by atoms with Crippen LogP contribution in [0.1, 0.15) is 18.5 Å². The Balaban J connectivity index is 1.77. The molecule has 2 heterocycles. The molecule has 5 heteroatoms. The molecule has 3 rings (SSSR count). The number of thiophene rings is 1. The normalized spacial score (nSPS) is 12.2. The maximum absolute atomic E-state index is 11.5. The fraction of sp³-hybridized carbons (Fsp3) is 0.133. The Morgan fingerprint density at radius 2 is 2.05 bits per heavy atom. The Bertz CT molecular complexity index is 725. The third kappa shape index (κ3) is 2.53. The largest absolute Gasteiger partial charge is 0.378 e. The lowest BCUT2D eigenvalue weighted by Crippen LogP contribution is -2.14. The van der Waals surface area contributed by atoms with Crippen molar-refractivity contribution in [1.29, 1.82) is 0 Å². The number of benzene rings is 1. The standard InChI is InChI=1S/C15H15N3OS/c1-11(12-6-9-20-10-12)17-13-2-4-14(5-3-13)18-8-7-16-15(18)19/h2-11,17H,1H3,(H,16,19). The van der Waals surface area contributed by atoms with Gasteiger partial charge < -0.3 is 10.3 Å². The van der Waals surface area contributed by atoms with Gasteiger partial charge in [0.25, 0.3) is 0 Å². The third-order valence-electron chi connectivity index (χ3n) is 3.22. The first-order chi connectivity index (χ1) is 9.74. The molecule has 0 aliphatic carbocycles. The molecule has 0 spiro atoms. The Morgan fingerprint density at radius 3 is 2.65 bits per heavy atom. The van der Waals surface area contributed by atoms with Gasteiger partial charge in [0.2, 0.25) is 0 Å². The quantitative estimate of drug-likeness (QED) is 0.772. The van der Waals surface area contributed by atoms with Crippen LogP contribution in [0.3, 0.4) is 0 Å². The van der Waals surface area contributed by atoms with E-state index in [0.29, 0.717) is 0 Å². The third-order valence-corrected chi connectivity index (χ3v) is 3.92. The SMILES string of the molecule is CC(Nc1ccc(-n2cc[nH]c2=O)cc1)c1ccsc1. The second kappa shape index (κ2) is 5.38. The molecule has 2 aromatic heterocycles. The molecule has 0 bridgehead atoms. The summed E-state index contributed by atoms with van der Waals surface area (Å²) in [6, 6.07) is 10.2. The Labute approximate surface area is 120 Å². The van der Waals surface area contributed by atoms with Crippen molar-refractivity contribution in [1.82, 2.24) is 9.55 Å². The van der Waals surface area contributed by atoms with Crippen molar-refractivity contribution in [3.05, 3.63) is 69.5 Å². The maximum Gasteiger partial charge on any atom is 0.330 e. The fourth-order valence-electron chi connectivity index (χ4n) is 2.10. The predicted molar refractivity (Wildman–Crippen MR) is 82.7 cm³/mol. The van der Waals surface area contributed by atoms with E-state index in [4.69, 9.17) is 0 Å². The molecule has 102 valence electrons. The first kappa shape index (κ1) is 12.7. The molecular weight excluding hydrogens is 270 g/mol. The van der Waals surface area contributed by atoms with Gasteiger partial charge in [-0.25, -0.2) is 4.79 Å². The molecule has 1 unspecified atom stereocenters. The van der Waals surface area contributed by atoms with E-state index in [1.165, 1.54) is 5.56 Å². The molecule has 0 fully saturated rings. The molecule has 1 aromatic carbocycles. The second-order valence-electron chi connectivity index (χ2n) is 4.60. The zero-order chi connectivity index (χ0) is 13.9. The van der Waals surface area contributed by atoms with Gasteiger partial charge in [-0.05, 0) is 53.6 Å². The monoisotopic (exact) mass is 285 g/mol. The molecule has 0 radical (unpaired) electrons. The Kier molecular flexibility index (Phi) is 3.43. The molecule has 0 amide bonds. The van der Waals surface area contributed by atoms with Crippen LogP contribution in [0.4, 0.5) is 5.69 Å². The number of imidazole rings is 1.